The van der Waals surface area contributed by atoms with Gasteiger partial charge in [0.25, 0.3) is 9.84 Å². The Morgan fingerprint density at radius 2 is 1.49 bits per heavy atom. The number of alkyl halides is 3. The average Bonchev–Trinajstić information content (AvgIpc) is 3.98. The predicted molar refractivity (Wildman–Crippen MR) is 306 cm³/mol. The second-order valence-corrected chi connectivity index (χ2v) is 27.1. The average molecular weight is 1150 g/mol. The highest BCUT2D eigenvalue weighted by Crippen LogP contribution is 2.64. The van der Waals surface area contributed by atoms with Crippen LogP contribution >= 0.6 is 30.7 Å². The van der Waals surface area contributed by atoms with Crippen LogP contribution < -0.4 is 20.4 Å². The SMILES string of the molecule is Cc1c(C(=O)O)c(-c2cccc(N3CCN(c4ccc([C@H]5CCCN(O)P5(=O)c5ccc(N[C@H](CCN6CCC(CO)CC6)CSc6ccccc6)c(S(=O)(=O)C(F)(F)F)c5)cc4)CC3)c2)c(-c2ccc(Cl)cc2)n1C(C)C. The van der Waals surface area contributed by atoms with Gasteiger partial charge in [-0.15, -0.1) is 16.6 Å². The molecule has 1 aromatic heterocycles. The number of aliphatic hydroxyl groups excluding tert-OH is 1. The standard InChI is InChI=1S/C58H67ClF3N6O7PS2/c1-39(2)68-40(3)54(57(70)71)55(56(68)43-14-18-45(59)19-15-43)44-9-7-10-48(35-44)66-33-31-65(32-34-66)47-20-16-42(17-21-47)52-13-8-27-67(72)76(52,73)49-22-23-51(53(36-49)78(74,75)58(60,61)62)63-46(38-77-50-11-5-4-6-12-50)26-30-64-28-24-41(37-69)25-29-64/h4-7,9-12,14-23,35-36,39,41,46,52,63,69,72H,8,13,24-34,37-38H2,1-3H3,(H,70,71)/t46-,52-,76?/m1/s1. The number of nitrogens with one attached hydrogen (secondary N) is 1. The van der Waals surface area contributed by atoms with E-state index in [4.69, 9.17) is 11.6 Å². The molecule has 78 heavy (non-hydrogen) atoms. The fourth-order valence-electron chi connectivity index (χ4n) is 11.4. The lowest BCUT2D eigenvalue weighted by atomic mass is 9.96. The van der Waals surface area contributed by atoms with E-state index in [2.05, 4.69) is 24.6 Å². The predicted octanol–water partition coefficient (Wildman–Crippen LogP) is 12.5. The Bertz CT molecular complexity index is 3230. The molecule has 0 aliphatic carbocycles. The first-order chi connectivity index (χ1) is 37.3. The number of carboxylic acid groups (broad SMARTS) is 1. The number of carboxylic acids is 1. The summed E-state index contributed by atoms with van der Waals surface area (Å²) in [6.07, 6.45) is 2.91. The largest absolute Gasteiger partial charge is 0.501 e. The zero-order valence-corrected chi connectivity index (χ0v) is 47.2. The molecule has 0 amide bonds. The number of nitrogens with zero attached hydrogens (tertiary/aromatic N) is 5. The second kappa shape index (κ2) is 24.2. The van der Waals surface area contributed by atoms with Crippen molar-refractivity contribution >= 4 is 68.8 Å². The van der Waals surface area contributed by atoms with E-state index in [-0.39, 0.29) is 41.7 Å². The van der Waals surface area contributed by atoms with Crippen molar-refractivity contribution in [2.75, 3.05) is 79.8 Å². The Balaban J connectivity index is 0.945. The van der Waals surface area contributed by atoms with Gasteiger partial charge in [-0.3, -0.25) is 4.57 Å². The van der Waals surface area contributed by atoms with E-state index in [0.717, 1.165) is 65.1 Å². The van der Waals surface area contributed by atoms with E-state index in [0.29, 0.717) is 84.4 Å². The number of hydroxylamine groups is 1. The maximum atomic E-state index is 15.5. The molecule has 20 heteroatoms. The van der Waals surface area contributed by atoms with Crippen LogP contribution in [0.5, 0.6) is 0 Å². The van der Waals surface area contributed by atoms with Crippen LogP contribution in [0.25, 0.3) is 22.4 Å². The molecule has 0 bridgehead atoms. The first-order valence-corrected chi connectivity index (χ1v) is 31.1. The van der Waals surface area contributed by atoms with Gasteiger partial charge in [0, 0.05) is 102 Å². The molecule has 6 aromatic rings. The van der Waals surface area contributed by atoms with Crippen LogP contribution in [0.4, 0.5) is 30.2 Å². The molecular formula is C58H67ClF3N6O7PS2. The lowest BCUT2D eigenvalue weighted by Crippen LogP contribution is -2.46. The minimum atomic E-state index is -5.99. The number of anilines is 3. The summed E-state index contributed by atoms with van der Waals surface area (Å²) >= 11 is 7.78. The van der Waals surface area contributed by atoms with Gasteiger partial charge in [-0.2, -0.15) is 13.2 Å². The number of aromatic carboxylic acids is 1. The number of aromatic nitrogens is 1. The Hall–Kier alpha value is -5.30. The molecule has 416 valence electrons. The number of piperazine rings is 1. The molecule has 1 unspecified atom stereocenters. The van der Waals surface area contributed by atoms with Gasteiger partial charge in [-0.25, -0.2) is 13.2 Å². The zero-order valence-electron chi connectivity index (χ0n) is 43.9. The van der Waals surface area contributed by atoms with Crippen molar-refractivity contribution in [2.45, 2.75) is 85.9 Å². The van der Waals surface area contributed by atoms with Crippen LogP contribution in [0.2, 0.25) is 5.02 Å². The van der Waals surface area contributed by atoms with Crippen molar-refractivity contribution in [3.63, 3.8) is 0 Å². The summed E-state index contributed by atoms with van der Waals surface area (Å²) in [5, 5.41) is 35.3. The number of rotatable bonds is 18. The Morgan fingerprint density at radius 3 is 2.12 bits per heavy atom. The fraction of sp³-hybridized carbons (Fsp3) is 0.397. The lowest BCUT2D eigenvalue weighted by Gasteiger charge is -2.39. The van der Waals surface area contributed by atoms with E-state index in [1.165, 1.54) is 23.9 Å². The van der Waals surface area contributed by atoms with Gasteiger partial charge in [0.15, 0.2) is 0 Å². The Kier molecular flexibility index (Phi) is 17.8. The molecule has 0 saturated carbocycles. The lowest BCUT2D eigenvalue weighted by molar-refractivity contribution is -0.0435. The maximum absolute atomic E-state index is 15.5. The van der Waals surface area contributed by atoms with Crippen LogP contribution in [0, 0.1) is 12.8 Å². The highest BCUT2D eigenvalue weighted by molar-refractivity contribution is 7.99. The van der Waals surface area contributed by atoms with Crippen molar-refractivity contribution in [3.05, 3.63) is 143 Å². The van der Waals surface area contributed by atoms with Crippen LogP contribution in [-0.2, 0) is 14.4 Å². The molecule has 4 N–H and O–H groups in total. The molecule has 3 fully saturated rings. The van der Waals surface area contributed by atoms with E-state index in [1.54, 1.807) is 12.1 Å². The smallest absolute Gasteiger partial charge is 0.478 e. The highest BCUT2D eigenvalue weighted by Gasteiger charge is 2.50. The number of hydrogen-bond acceptors (Lipinski definition) is 11. The number of carbonyl (C=O) groups is 1. The number of halogens is 4. The van der Waals surface area contributed by atoms with E-state index in [9.17, 15) is 41.8 Å². The number of likely N-dealkylation sites (tertiary alicyclic amines) is 1. The minimum Gasteiger partial charge on any atom is -0.478 e. The third-order valence-corrected chi connectivity index (χ3v) is 21.8. The number of sulfone groups is 1. The molecular weight excluding hydrogens is 1080 g/mol. The summed E-state index contributed by atoms with van der Waals surface area (Å²) in [6.45, 7) is 10.7. The van der Waals surface area contributed by atoms with Crippen molar-refractivity contribution in [3.8, 4) is 22.4 Å². The number of piperidine rings is 1. The van der Waals surface area contributed by atoms with Gasteiger partial charge in [0.05, 0.1) is 22.6 Å². The van der Waals surface area contributed by atoms with Gasteiger partial charge in [-0.1, -0.05) is 66.2 Å². The van der Waals surface area contributed by atoms with Crippen LogP contribution in [-0.4, -0.2) is 120 Å². The highest BCUT2D eigenvalue weighted by atomic mass is 35.5. The van der Waals surface area contributed by atoms with Crippen molar-refractivity contribution < 1.29 is 46.4 Å². The topological polar surface area (TPSA) is 159 Å². The van der Waals surface area contributed by atoms with Gasteiger partial charge >= 0.3 is 11.5 Å². The molecule has 3 aliphatic rings. The molecule has 9 rings (SSSR count). The van der Waals surface area contributed by atoms with Gasteiger partial charge in [0.1, 0.15) is 4.90 Å². The summed E-state index contributed by atoms with van der Waals surface area (Å²) < 4.78 is 88.8. The third-order valence-electron chi connectivity index (χ3n) is 15.6. The van der Waals surface area contributed by atoms with Crippen LogP contribution in [0.15, 0.2) is 131 Å². The van der Waals surface area contributed by atoms with Crippen LogP contribution in [0.1, 0.15) is 79.3 Å². The van der Waals surface area contributed by atoms with Crippen LogP contribution in [0.3, 0.4) is 0 Å². The summed E-state index contributed by atoms with van der Waals surface area (Å²) in [7, 11) is -10.2. The fourth-order valence-corrected chi connectivity index (χ4v) is 16.7. The van der Waals surface area contributed by atoms with E-state index >= 15 is 4.57 Å². The zero-order chi connectivity index (χ0) is 55.5. The van der Waals surface area contributed by atoms with Crippen molar-refractivity contribution in [1.82, 2.24) is 14.3 Å². The molecule has 13 nitrogen and oxygen atoms in total. The van der Waals surface area contributed by atoms with Crippen molar-refractivity contribution in [1.29, 1.82) is 0 Å². The third kappa shape index (κ3) is 12.1. The Labute approximate surface area is 464 Å². The monoisotopic (exact) mass is 1150 g/mol. The number of hydrogen-bond donors (Lipinski definition) is 4. The van der Waals surface area contributed by atoms with Gasteiger partial charge < -0.3 is 40.0 Å². The van der Waals surface area contributed by atoms with Gasteiger partial charge in [0.2, 0.25) is 7.29 Å². The summed E-state index contributed by atoms with van der Waals surface area (Å²) in [5.41, 5.74) is -0.372. The minimum absolute atomic E-state index is 0.0245. The molecule has 3 atom stereocenters. The van der Waals surface area contributed by atoms with Crippen molar-refractivity contribution in [2.24, 2.45) is 5.92 Å². The first-order valence-electron chi connectivity index (χ1n) is 26.5. The quantitative estimate of drug-likeness (QED) is 0.0476. The molecule has 3 saturated heterocycles. The normalized spacial score (nSPS) is 19.6. The van der Waals surface area contributed by atoms with E-state index in [1.807, 2.05) is 112 Å². The van der Waals surface area contributed by atoms with E-state index < -0.39 is 45.2 Å². The molecule has 3 aliphatic heterocycles. The Morgan fingerprint density at radius 1 is 0.821 bits per heavy atom. The van der Waals surface area contributed by atoms with Gasteiger partial charge in [-0.05, 0) is 155 Å². The first kappa shape index (κ1) is 57.4. The molecule has 5 aromatic carbocycles. The molecule has 0 spiro atoms. The number of benzene rings is 5. The molecule has 0 radical (unpaired) electrons. The number of thioether (sulfide) groups is 1. The number of aliphatic hydroxyl groups is 1. The summed E-state index contributed by atoms with van der Waals surface area (Å²) in [4.78, 5) is 20.3. The summed E-state index contributed by atoms with van der Waals surface area (Å²) in [6, 6.07) is 35.4. The molecule has 4 heterocycles. The second-order valence-electron chi connectivity index (χ2n) is 20.8. The summed E-state index contributed by atoms with van der Waals surface area (Å²) in [5.74, 6) is -0.372. The maximum Gasteiger partial charge on any atom is 0.501 e.